The number of ether oxygens (including phenoxy) is 1. The van der Waals surface area contributed by atoms with Crippen LogP contribution < -0.4 is 16.4 Å². The Kier molecular flexibility index (Phi) is 9.99. The summed E-state index contributed by atoms with van der Waals surface area (Å²) < 4.78 is 7.33. The number of amides is 1. The number of nitrogens with one attached hydrogen (secondary N) is 2. The maximum atomic E-state index is 13.2. The number of aromatic nitrogens is 2. The van der Waals surface area contributed by atoms with E-state index >= 15 is 0 Å². The van der Waals surface area contributed by atoms with Gasteiger partial charge in [-0.15, -0.1) is 0 Å². The van der Waals surface area contributed by atoms with Gasteiger partial charge in [-0.05, 0) is 37.6 Å². The molecule has 1 aliphatic rings. The van der Waals surface area contributed by atoms with Gasteiger partial charge in [-0.3, -0.25) is 19.8 Å². The van der Waals surface area contributed by atoms with Crippen molar-refractivity contribution in [3.63, 3.8) is 0 Å². The summed E-state index contributed by atoms with van der Waals surface area (Å²) in [7, 11) is 0. The van der Waals surface area contributed by atoms with Crippen LogP contribution in [0.3, 0.4) is 0 Å². The normalized spacial score (nSPS) is 13.8. The molecule has 39 heavy (non-hydrogen) atoms. The summed E-state index contributed by atoms with van der Waals surface area (Å²) in [5.74, 6) is 0.150. The first-order valence-corrected chi connectivity index (χ1v) is 13.5. The van der Waals surface area contributed by atoms with E-state index in [0.717, 1.165) is 50.4 Å². The highest BCUT2D eigenvalue weighted by Crippen LogP contribution is 2.33. The van der Waals surface area contributed by atoms with Crippen LogP contribution in [-0.4, -0.2) is 71.2 Å². The number of aryl methyl sites for hydroxylation is 1. The third-order valence-corrected chi connectivity index (χ3v) is 6.93. The molecule has 1 aromatic carbocycles. The first-order valence-electron chi connectivity index (χ1n) is 12.7. The summed E-state index contributed by atoms with van der Waals surface area (Å²) >= 11 is 12.6. The summed E-state index contributed by atoms with van der Waals surface area (Å²) in [6.07, 6.45) is 5.26. The number of halogens is 2. The summed E-state index contributed by atoms with van der Waals surface area (Å²) in [6, 6.07) is 8.06. The van der Waals surface area contributed by atoms with E-state index in [2.05, 4.69) is 20.5 Å². The zero-order valence-corrected chi connectivity index (χ0v) is 22.9. The zero-order chi connectivity index (χ0) is 27.8. The van der Waals surface area contributed by atoms with Crippen LogP contribution in [0.4, 0.5) is 17.3 Å². The molecule has 2 aromatic heterocycles. The summed E-state index contributed by atoms with van der Waals surface area (Å²) in [6.45, 7) is 5.95. The van der Waals surface area contributed by atoms with Gasteiger partial charge in [-0.2, -0.15) is 0 Å². The lowest BCUT2D eigenvalue weighted by molar-refractivity contribution is -0.384. The third-order valence-electron chi connectivity index (χ3n) is 6.38. The molecule has 0 aliphatic carbocycles. The van der Waals surface area contributed by atoms with Crippen molar-refractivity contribution in [2.24, 2.45) is 0 Å². The van der Waals surface area contributed by atoms with E-state index in [-0.39, 0.29) is 17.4 Å². The number of anilines is 2. The van der Waals surface area contributed by atoms with Gasteiger partial charge in [0.05, 0.1) is 23.7 Å². The lowest BCUT2D eigenvalue weighted by atomic mass is 10.0. The smallest absolute Gasteiger partial charge is 0.311 e. The van der Waals surface area contributed by atoms with E-state index in [4.69, 9.17) is 33.7 Å². The number of hydrogen-bond acceptors (Lipinski definition) is 8. The number of hydrogen-bond donors (Lipinski definition) is 3. The minimum absolute atomic E-state index is 0.138. The van der Waals surface area contributed by atoms with Crippen LogP contribution in [0.2, 0.25) is 10.0 Å². The van der Waals surface area contributed by atoms with Crippen LogP contribution in [0.25, 0.3) is 11.1 Å². The fraction of sp³-hybridized carbons (Fsp3) is 0.385. The Morgan fingerprint density at radius 2 is 1.85 bits per heavy atom. The average Bonchev–Trinajstić information content (AvgIpc) is 3.33. The standard InChI is InChI=1S/C26H31Cl2N7O4/c27-18-3-4-19(22(28)15-18)20-16-34(10-1-7-30-24-6-5-23(35(37)38)25(29)32-24)17-21(20)26(36)31-8-2-9-33-11-13-39-14-12-33/h3-6,15-17H,1-2,7-14H2,(H,31,36)(H3,29,30,32). The fourth-order valence-corrected chi connectivity index (χ4v) is 4.87. The number of carbonyl (C=O) groups is 1. The number of rotatable bonds is 12. The fourth-order valence-electron chi connectivity index (χ4n) is 4.36. The van der Waals surface area contributed by atoms with Crippen molar-refractivity contribution in [2.45, 2.75) is 19.4 Å². The second-order valence-electron chi connectivity index (χ2n) is 9.15. The number of nitrogen functional groups attached to an aromatic ring is 1. The molecule has 0 unspecified atom stereocenters. The number of morpholine rings is 1. The number of nitro groups is 1. The summed E-state index contributed by atoms with van der Waals surface area (Å²) in [5.41, 5.74) is 7.41. The Balaban J connectivity index is 1.38. The second-order valence-corrected chi connectivity index (χ2v) is 9.99. The van der Waals surface area contributed by atoms with Crippen molar-refractivity contribution in [3.05, 3.63) is 68.4 Å². The number of carbonyl (C=O) groups excluding carboxylic acids is 1. The lowest BCUT2D eigenvalue weighted by Crippen LogP contribution is -2.38. The van der Waals surface area contributed by atoms with Gasteiger partial charge in [0.2, 0.25) is 5.82 Å². The van der Waals surface area contributed by atoms with Crippen LogP contribution in [0.15, 0.2) is 42.7 Å². The van der Waals surface area contributed by atoms with Gasteiger partial charge >= 0.3 is 5.69 Å². The Bertz CT molecular complexity index is 1310. The maximum absolute atomic E-state index is 13.2. The molecule has 0 radical (unpaired) electrons. The van der Waals surface area contributed by atoms with Gasteiger partial charge in [0.25, 0.3) is 5.91 Å². The van der Waals surface area contributed by atoms with E-state index in [1.54, 1.807) is 12.1 Å². The molecule has 0 atom stereocenters. The van der Waals surface area contributed by atoms with Crippen LogP contribution in [-0.2, 0) is 11.3 Å². The predicted octanol–water partition coefficient (Wildman–Crippen LogP) is 4.30. The third kappa shape index (κ3) is 7.82. The van der Waals surface area contributed by atoms with Gasteiger partial charge in [0.1, 0.15) is 5.82 Å². The van der Waals surface area contributed by atoms with Gasteiger partial charge in [-0.1, -0.05) is 29.3 Å². The number of nitrogens with two attached hydrogens (primary N) is 1. The number of benzene rings is 1. The Labute approximate surface area is 236 Å². The molecule has 0 saturated carbocycles. The Morgan fingerprint density at radius 1 is 1.08 bits per heavy atom. The summed E-state index contributed by atoms with van der Waals surface area (Å²) in [4.78, 5) is 29.9. The van der Waals surface area contributed by atoms with E-state index in [0.29, 0.717) is 47.5 Å². The average molecular weight is 576 g/mol. The highest BCUT2D eigenvalue weighted by atomic mass is 35.5. The van der Waals surface area contributed by atoms with E-state index in [1.165, 1.54) is 12.1 Å². The maximum Gasteiger partial charge on any atom is 0.311 e. The SMILES string of the molecule is Nc1nc(NCCCn2cc(C(=O)NCCCN3CCOCC3)c(-c3ccc(Cl)cc3Cl)c2)ccc1[N+](=O)[O-]. The topological polar surface area (TPSA) is 141 Å². The molecule has 1 fully saturated rings. The van der Waals surface area contributed by atoms with E-state index < -0.39 is 4.92 Å². The predicted molar refractivity (Wildman–Crippen MR) is 153 cm³/mol. The van der Waals surface area contributed by atoms with Gasteiger partial charge in [0, 0.05) is 72.4 Å². The molecule has 3 heterocycles. The zero-order valence-electron chi connectivity index (χ0n) is 21.4. The van der Waals surface area contributed by atoms with Gasteiger partial charge < -0.3 is 25.7 Å². The molecular weight excluding hydrogens is 545 g/mol. The van der Waals surface area contributed by atoms with E-state index in [9.17, 15) is 14.9 Å². The molecule has 1 amide bonds. The minimum Gasteiger partial charge on any atom is -0.379 e. The van der Waals surface area contributed by atoms with Crippen molar-refractivity contribution in [2.75, 3.05) is 57.0 Å². The molecule has 1 aliphatic heterocycles. The van der Waals surface area contributed by atoms with Crippen LogP contribution in [0, 0.1) is 10.1 Å². The van der Waals surface area contributed by atoms with Crippen molar-refractivity contribution in [1.29, 1.82) is 0 Å². The van der Waals surface area contributed by atoms with Crippen LogP contribution in [0.1, 0.15) is 23.2 Å². The molecule has 0 bridgehead atoms. The second kappa shape index (κ2) is 13.6. The molecule has 13 heteroatoms. The highest BCUT2D eigenvalue weighted by Gasteiger charge is 2.19. The Morgan fingerprint density at radius 3 is 2.56 bits per heavy atom. The molecule has 11 nitrogen and oxygen atoms in total. The quantitative estimate of drug-likeness (QED) is 0.165. The molecule has 208 valence electrons. The van der Waals surface area contributed by atoms with Crippen LogP contribution >= 0.6 is 23.2 Å². The van der Waals surface area contributed by atoms with Gasteiger partial charge in [-0.25, -0.2) is 4.98 Å². The molecule has 3 aromatic rings. The van der Waals surface area contributed by atoms with E-state index in [1.807, 2.05) is 23.0 Å². The van der Waals surface area contributed by atoms with Gasteiger partial charge in [0.15, 0.2) is 0 Å². The Hall–Kier alpha value is -3.38. The summed E-state index contributed by atoms with van der Waals surface area (Å²) in [5, 5.41) is 18.1. The monoisotopic (exact) mass is 575 g/mol. The first-order chi connectivity index (χ1) is 18.8. The molecule has 0 spiro atoms. The molecule has 1 saturated heterocycles. The largest absolute Gasteiger partial charge is 0.379 e. The number of nitrogens with zero attached hydrogens (tertiary/aromatic N) is 4. The lowest BCUT2D eigenvalue weighted by Gasteiger charge is -2.26. The highest BCUT2D eigenvalue weighted by molar-refractivity contribution is 6.36. The van der Waals surface area contributed by atoms with Crippen molar-refractivity contribution in [3.8, 4) is 11.1 Å². The van der Waals surface area contributed by atoms with Crippen LogP contribution in [0.5, 0.6) is 0 Å². The molecule has 4 N–H and O–H groups in total. The molecular formula is C26H31Cl2N7O4. The van der Waals surface area contributed by atoms with Crippen molar-refractivity contribution < 1.29 is 14.5 Å². The first kappa shape index (κ1) is 28.6. The molecule has 4 rings (SSSR count). The number of pyridine rings is 1. The van der Waals surface area contributed by atoms with Crippen molar-refractivity contribution >= 4 is 46.4 Å². The van der Waals surface area contributed by atoms with Crippen molar-refractivity contribution in [1.82, 2.24) is 19.8 Å². The minimum atomic E-state index is -0.569.